The molecule has 1 aromatic carbocycles. The zero-order valence-electron chi connectivity index (χ0n) is 10.0. The lowest BCUT2D eigenvalue weighted by Gasteiger charge is -2.24. The van der Waals surface area contributed by atoms with E-state index in [4.69, 9.17) is 5.73 Å². The van der Waals surface area contributed by atoms with Crippen molar-refractivity contribution in [2.75, 3.05) is 29.9 Å². The molecular weight excluding hydrogens is 298 g/mol. The van der Waals surface area contributed by atoms with E-state index in [-0.39, 0.29) is 18.4 Å². The van der Waals surface area contributed by atoms with Crippen LogP contribution in [0.3, 0.4) is 0 Å². The lowest BCUT2D eigenvalue weighted by molar-refractivity contribution is -0.118. The maximum atomic E-state index is 11.9. The second-order valence-electron chi connectivity index (χ2n) is 4.06. The SMILES string of the molecule is CN1C(=O)CCN(C(=O)CN)c2cccc(Br)c21. The maximum Gasteiger partial charge on any atom is 0.240 e. The third kappa shape index (κ3) is 2.13. The number of halogens is 1. The molecule has 1 aromatic rings. The smallest absolute Gasteiger partial charge is 0.240 e. The number of rotatable bonds is 1. The summed E-state index contributed by atoms with van der Waals surface area (Å²) < 4.78 is 0.785. The van der Waals surface area contributed by atoms with Crippen LogP contribution < -0.4 is 15.5 Å². The highest BCUT2D eigenvalue weighted by Gasteiger charge is 2.27. The Hall–Kier alpha value is -1.40. The molecule has 0 fully saturated rings. The maximum absolute atomic E-state index is 11.9. The van der Waals surface area contributed by atoms with Crippen LogP contribution in [0.2, 0.25) is 0 Å². The van der Waals surface area contributed by atoms with Crippen LogP contribution in [0.25, 0.3) is 0 Å². The summed E-state index contributed by atoms with van der Waals surface area (Å²) in [4.78, 5) is 26.9. The average Bonchev–Trinajstić information content (AvgIpc) is 2.49. The quantitative estimate of drug-likeness (QED) is 0.845. The lowest BCUT2D eigenvalue weighted by Crippen LogP contribution is -2.36. The topological polar surface area (TPSA) is 66.6 Å². The van der Waals surface area contributed by atoms with Crippen LogP contribution in [0.5, 0.6) is 0 Å². The minimum Gasteiger partial charge on any atom is -0.322 e. The van der Waals surface area contributed by atoms with E-state index in [1.54, 1.807) is 16.8 Å². The zero-order chi connectivity index (χ0) is 13.3. The first-order valence-corrected chi connectivity index (χ1v) is 6.41. The lowest BCUT2D eigenvalue weighted by atomic mass is 10.2. The molecule has 96 valence electrons. The highest BCUT2D eigenvalue weighted by Crippen LogP contribution is 2.38. The fourth-order valence-electron chi connectivity index (χ4n) is 2.04. The number of carbonyl (C=O) groups is 2. The second-order valence-corrected chi connectivity index (χ2v) is 4.91. The first kappa shape index (κ1) is 13.0. The number of para-hydroxylation sites is 1. The van der Waals surface area contributed by atoms with Crippen LogP contribution in [0.4, 0.5) is 11.4 Å². The fourth-order valence-corrected chi connectivity index (χ4v) is 2.67. The molecule has 18 heavy (non-hydrogen) atoms. The molecular formula is C12H14BrN3O2. The van der Waals surface area contributed by atoms with Crippen LogP contribution in [-0.2, 0) is 9.59 Å². The summed E-state index contributed by atoms with van der Waals surface area (Å²) in [6.45, 7) is 0.298. The van der Waals surface area contributed by atoms with Crippen molar-refractivity contribution >= 4 is 39.1 Å². The second kappa shape index (κ2) is 5.07. The molecule has 0 aliphatic carbocycles. The number of amides is 2. The van der Waals surface area contributed by atoms with E-state index in [2.05, 4.69) is 15.9 Å². The number of hydrogen-bond acceptors (Lipinski definition) is 3. The van der Waals surface area contributed by atoms with E-state index in [0.29, 0.717) is 24.3 Å². The molecule has 0 atom stereocenters. The predicted octanol–water partition coefficient (Wildman–Crippen LogP) is 1.11. The average molecular weight is 312 g/mol. The van der Waals surface area contributed by atoms with Crippen molar-refractivity contribution < 1.29 is 9.59 Å². The zero-order valence-corrected chi connectivity index (χ0v) is 11.6. The van der Waals surface area contributed by atoms with E-state index < -0.39 is 0 Å². The van der Waals surface area contributed by atoms with Crippen molar-refractivity contribution in [3.05, 3.63) is 22.7 Å². The van der Waals surface area contributed by atoms with Gasteiger partial charge in [0.25, 0.3) is 0 Å². The molecule has 0 aromatic heterocycles. The van der Waals surface area contributed by atoms with Gasteiger partial charge in [-0.1, -0.05) is 6.07 Å². The van der Waals surface area contributed by atoms with Crippen molar-refractivity contribution in [3.63, 3.8) is 0 Å². The molecule has 0 unspecified atom stereocenters. The van der Waals surface area contributed by atoms with Gasteiger partial charge in [-0.15, -0.1) is 0 Å². The summed E-state index contributed by atoms with van der Waals surface area (Å²) in [7, 11) is 1.71. The molecule has 2 rings (SSSR count). The molecule has 0 spiro atoms. The Morgan fingerprint density at radius 1 is 1.50 bits per heavy atom. The summed E-state index contributed by atoms with van der Waals surface area (Å²) in [5, 5.41) is 0. The molecule has 0 radical (unpaired) electrons. The standard InChI is InChI=1S/C12H14BrN3O2/c1-15-10(17)5-6-16(11(18)7-14)9-4-2-3-8(13)12(9)15/h2-4H,5-7,14H2,1H3. The minimum absolute atomic E-state index is 0.0181. The highest BCUT2D eigenvalue weighted by molar-refractivity contribution is 9.10. The largest absolute Gasteiger partial charge is 0.322 e. The van der Waals surface area contributed by atoms with E-state index in [1.165, 1.54) is 0 Å². The highest BCUT2D eigenvalue weighted by atomic mass is 79.9. The molecule has 0 bridgehead atoms. The molecule has 5 nitrogen and oxygen atoms in total. The monoisotopic (exact) mass is 311 g/mol. The molecule has 1 aliphatic rings. The number of anilines is 2. The van der Waals surface area contributed by atoms with E-state index in [0.717, 1.165) is 4.47 Å². The number of benzene rings is 1. The predicted molar refractivity (Wildman–Crippen MR) is 73.6 cm³/mol. The molecule has 1 aliphatic heterocycles. The van der Waals surface area contributed by atoms with Crippen molar-refractivity contribution in [1.82, 2.24) is 0 Å². The Bertz CT molecular complexity index is 504. The molecule has 6 heteroatoms. The van der Waals surface area contributed by atoms with E-state index in [9.17, 15) is 9.59 Å². The Balaban J connectivity index is 2.58. The number of nitrogens with zero attached hydrogens (tertiary/aromatic N) is 2. The summed E-state index contributed by atoms with van der Waals surface area (Å²) in [6, 6.07) is 5.51. The first-order chi connectivity index (χ1) is 8.56. The van der Waals surface area contributed by atoms with Gasteiger partial charge in [0.15, 0.2) is 0 Å². The summed E-state index contributed by atoms with van der Waals surface area (Å²) in [5.74, 6) is -0.201. The van der Waals surface area contributed by atoms with E-state index >= 15 is 0 Å². The van der Waals surface area contributed by atoms with Crippen LogP contribution in [0.1, 0.15) is 6.42 Å². The van der Waals surface area contributed by atoms with Gasteiger partial charge < -0.3 is 15.5 Å². The van der Waals surface area contributed by atoms with Gasteiger partial charge in [-0.2, -0.15) is 0 Å². The molecule has 2 N–H and O–H groups in total. The van der Waals surface area contributed by atoms with E-state index in [1.807, 2.05) is 18.2 Å². The third-order valence-electron chi connectivity index (χ3n) is 2.99. The Kier molecular flexibility index (Phi) is 3.68. The number of nitrogens with two attached hydrogens (primary N) is 1. The van der Waals surface area contributed by atoms with Gasteiger partial charge in [-0.3, -0.25) is 9.59 Å². The summed E-state index contributed by atoms with van der Waals surface area (Å²) >= 11 is 3.42. The summed E-state index contributed by atoms with van der Waals surface area (Å²) in [5.41, 5.74) is 6.84. The molecule has 2 amide bonds. The van der Waals surface area contributed by atoms with Gasteiger partial charge in [-0.05, 0) is 28.1 Å². The van der Waals surface area contributed by atoms with Crippen LogP contribution in [0, 0.1) is 0 Å². The van der Waals surface area contributed by atoms with Gasteiger partial charge in [0, 0.05) is 24.5 Å². The Labute approximate surface area is 114 Å². The van der Waals surface area contributed by atoms with Crippen LogP contribution in [0.15, 0.2) is 22.7 Å². The van der Waals surface area contributed by atoms with Crippen molar-refractivity contribution in [3.8, 4) is 0 Å². The molecule has 1 heterocycles. The fraction of sp³-hybridized carbons (Fsp3) is 0.333. The normalized spacial score (nSPS) is 15.4. The van der Waals surface area contributed by atoms with Crippen LogP contribution >= 0.6 is 15.9 Å². The third-order valence-corrected chi connectivity index (χ3v) is 3.63. The van der Waals surface area contributed by atoms with Gasteiger partial charge in [0.05, 0.1) is 17.9 Å². The van der Waals surface area contributed by atoms with Gasteiger partial charge in [-0.25, -0.2) is 0 Å². The first-order valence-electron chi connectivity index (χ1n) is 5.61. The minimum atomic E-state index is -0.183. The molecule has 0 saturated carbocycles. The Morgan fingerprint density at radius 3 is 2.89 bits per heavy atom. The number of hydrogen-bond donors (Lipinski definition) is 1. The van der Waals surface area contributed by atoms with Crippen molar-refractivity contribution in [2.24, 2.45) is 5.73 Å². The van der Waals surface area contributed by atoms with Crippen molar-refractivity contribution in [1.29, 1.82) is 0 Å². The van der Waals surface area contributed by atoms with Crippen molar-refractivity contribution in [2.45, 2.75) is 6.42 Å². The van der Waals surface area contributed by atoms with Gasteiger partial charge in [0.1, 0.15) is 0 Å². The van der Waals surface area contributed by atoms with Crippen LogP contribution in [-0.4, -0.2) is 32.0 Å². The molecule has 0 saturated heterocycles. The number of carbonyl (C=O) groups excluding carboxylic acids is 2. The Morgan fingerprint density at radius 2 is 2.22 bits per heavy atom. The number of fused-ring (bicyclic) bond motifs is 1. The summed E-state index contributed by atoms with van der Waals surface area (Å²) in [6.07, 6.45) is 0.295. The van der Waals surface area contributed by atoms with Gasteiger partial charge >= 0.3 is 0 Å². The van der Waals surface area contributed by atoms with Gasteiger partial charge in [0.2, 0.25) is 11.8 Å².